The van der Waals surface area contributed by atoms with Gasteiger partial charge in [-0.2, -0.15) is 0 Å². The van der Waals surface area contributed by atoms with Gasteiger partial charge >= 0.3 is 6.03 Å². The van der Waals surface area contributed by atoms with Crippen LogP contribution in [0.5, 0.6) is 5.75 Å². The molecule has 6 nitrogen and oxygen atoms in total. The van der Waals surface area contributed by atoms with E-state index < -0.39 is 6.03 Å². The van der Waals surface area contributed by atoms with Crippen LogP contribution in [0.3, 0.4) is 0 Å². The Labute approximate surface area is 137 Å². The van der Waals surface area contributed by atoms with Crippen molar-refractivity contribution >= 4 is 34.5 Å². The quantitative estimate of drug-likeness (QED) is 0.773. The highest BCUT2D eigenvalue weighted by molar-refractivity contribution is 14.1. The summed E-state index contributed by atoms with van der Waals surface area (Å²) in [6.07, 6.45) is 0.734. The molecule has 1 aromatic carbocycles. The van der Waals surface area contributed by atoms with Crippen molar-refractivity contribution in [3.05, 3.63) is 27.8 Å². The number of hydrogen-bond acceptors (Lipinski definition) is 3. The first-order valence-electron chi connectivity index (χ1n) is 6.77. The fourth-order valence-electron chi connectivity index (χ4n) is 2.15. The molecule has 7 heteroatoms. The molecule has 1 aromatic rings. The molecule has 1 fully saturated rings. The van der Waals surface area contributed by atoms with Crippen LogP contribution in [0.2, 0.25) is 0 Å². The van der Waals surface area contributed by atoms with Gasteiger partial charge in [-0.05, 0) is 53.3 Å². The molecule has 0 atom stereocenters. The Hall–Kier alpha value is -1.51. The zero-order chi connectivity index (χ0) is 15.2. The zero-order valence-corrected chi connectivity index (χ0v) is 13.8. The van der Waals surface area contributed by atoms with E-state index in [1.165, 1.54) is 0 Å². The third-order valence-electron chi connectivity index (χ3n) is 3.34. The van der Waals surface area contributed by atoms with Crippen molar-refractivity contribution in [3.8, 4) is 5.75 Å². The van der Waals surface area contributed by atoms with Gasteiger partial charge in [0.25, 0.3) is 5.91 Å². The molecule has 1 saturated heterocycles. The number of primary amides is 1. The summed E-state index contributed by atoms with van der Waals surface area (Å²) < 4.78 is 6.61. The van der Waals surface area contributed by atoms with Gasteiger partial charge in [0.1, 0.15) is 5.75 Å². The molecule has 1 aliphatic rings. The number of nitrogens with two attached hydrogens (primary N) is 1. The minimum atomic E-state index is -0.431. The maximum absolute atomic E-state index is 12.1. The fraction of sp³-hybridized carbons (Fsp3) is 0.429. The van der Waals surface area contributed by atoms with Crippen LogP contribution in [0.1, 0.15) is 6.42 Å². The molecule has 1 aliphatic heterocycles. The van der Waals surface area contributed by atoms with Gasteiger partial charge in [0.15, 0.2) is 6.61 Å². The van der Waals surface area contributed by atoms with Crippen molar-refractivity contribution in [2.75, 3.05) is 32.8 Å². The van der Waals surface area contributed by atoms with Crippen molar-refractivity contribution in [2.24, 2.45) is 5.73 Å². The molecule has 114 valence electrons. The van der Waals surface area contributed by atoms with Gasteiger partial charge in [0.2, 0.25) is 0 Å². The summed E-state index contributed by atoms with van der Waals surface area (Å²) in [5.74, 6) is 0.609. The van der Waals surface area contributed by atoms with Gasteiger partial charge in [-0.3, -0.25) is 4.79 Å². The lowest BCUT2D eigenvalue weighted by Gasteiger charge is -2.21. The van der Waals surface area contributed by atoms with E-state index in [9.17, 15) is 9.59 Å². The number of urea groups is 1. The van der Waals surface area contributed by atoms with Gasteiger partial charge in [0.05, 0.1) is 0 Å². The lowest BCUT2D eigenvalue weighted by Crippen LogP contribution is -2.40. The number of rotatable bonds is 3. The Bertz CT molecular complexity index is 507. The maximum atomic E-state index is 12.1. The average molecular weight is 403 g/mol. The normalized spacial score (nSPS) is 15.5. The molecule has 0 bridgehead atoms. The lowest BCUT2D eigenvalue weighted by atomic mass is 10.3. The summed E-state index contributed by atoms with van der Waals surface area (Å²) in [5, 5.41) is 0. The number of halogens is 1. The van der Waals surface area contributed by atoms with Crippen LogP contribution < -0.4 is 10.5 Å². The highest BCUT2D eigenvalue weighted by Gasteiger charge is 2.20. The third-order valence-corrected chi connectivity index (χ3v) is 4.06. The second-order valence-corrected chi connectivity index (χ2v) is 6.05. The topological polar surface area (TPSA) is 75.9 Å². The zero-order valence-electron chi connectivity index (χ0n) is 11.6. The summed E-state index contributed by atoms with van der Waals surface area (Å²) >= 11 is 2.21. The number of ether oxygens (including phenoxy) is 1. The molecule has 0 spiro atoms. The molecule has 1 heterocycles. The molecular formula is C14H18IN3O3. The minimum absolute atomic E-state index is 0.0111. The highest BCUT2D eigenvalue weighted by Crippen LogP contribution is 2.13. The van der Waals surface area contributed by atoms with Gasteiger partial charge in [-0.15, -0.1) is 0 Å². The number of nitrogens with zero attached hydrogens (tertiary/aromatic N) is 2. The van der Waals surface area contributed by atoms with E-state index >= 15 is 0 Å². The molecule has 0 aromatic heterocycles. The number of hydrogen-bond donors (Lipinski definition) is 1. The van der Waals surface area contributed by atoms with Crippen LogP contribution in [0.15, 0.2) is 24.3 Å². The van der Waals surface area contributed by atoms with Crippen LogP contribution in [0, 0.1) is 3.57 Å². The Morgan fingerprint density at radius 1 is 1.10 bits per heavy atom. The van der Waals surface area contributed by atoms with E-state index in [-0.39, 0.29) is 12.5 Å². The van der Waals surface area contributed by atoms with Gasteiger partial charge < -0.3 is 20.3 Å². The van der Waals surface area contributed by atoms with Crippen molar-refractivity contribution in [1.29, 1.82) is 0 Å². The monoisotopic (exact) mass is 403 g/mol. The Morgan fingerprint density at radius 3 is 2.38 bits per heavy atom. The van der Waals surface area contributed by atoms with Gasteiger partial charge in [-0.1, -0.05) is 0 Å². The molecule has 0 radical (unpaired) electrons. The highest BCUT2D eigenvalue weighted by atomic mass is 127. The van der Waals surface area contributed by atoms with E-state index in [0.717, 1.165) is 9.99 Å². The van der Waals surface area contributed by atoms with E-state index in [2.05, 4.69) is 22.6 Å². The predicted molar refractivity (Wildman–Crippen MR) is 87.0 cm³/mol. The molecule has 0 aliphatic carbocycles. The van der Waals surface area contributed by atoms with Crippen LogP contribution >= 0.6 is 22.6 Å². The Kier molecular flexibility index (Phi) is 5.66. The maximum Gasteiger partial charge on any atom is 0.314 e. The standard InChI is InChI=1S/C14H18IN3O3/c15-11-2-4-12(5-3-11)21-10-13(19)17-6-1-7-18(9-8-17)14(16)20/h2-5H,1,6-10H2,(H2,16,20). The first kappa shape index (κ1) is 15.9. The van der Waals surface area contributed by atoms with Crippen molar-refractivity contribution in [2.45, 2.75) is 6.42 Å². The average Bonchev–Trinajstić information content (AvgIpc) is 2.72. The first-order chi connectivity index (χ1) is 10.1. The van der Waals surface area contributed by atoms with Crippen molar-refractivity contribution < 1.29 is 14.3 Å². The summed E-state index contributed by atoms with van der Waals surface area (Å²) in [4.78, 5) is 26.6. The van der Waals surface area contributed by atoms with E-state index in [1.807, 2.05) is 24.3 Å². The number of carbonyl (C=O) groups is 2. The smallest absolute Gasteiger partial charge is 0.314 e. The molecule has 2 N–H and O–H groups in total. The number of amides is 3. The Balaban J connectivity index is 1.83. The second-order valence-electron chi connectivity index (χ2n) is 4.80. The molecule has 0 unspecified atom stereocenters. The van der Waals surface area contributed by atoms with Gasteiger partial charge in [0, 0.05) is 29.7 Å². The largest absolute Gasteiger partial charge is 0.484 e. The summed E-state index contributed by atoms with van der Waals surface area (Å²) in [7, 11) is 0. The third kappa shape index (κ3) is 4.76. The summed E-state index contributed by atoms with van der Waals surface area (Å²) in [6, 6.07) is 7.10. The molecule has 21 heavy (non-hydrogen) atoms. The SMILES string of the molecule is NC(=O)N1CCCN(C(=O)COc2ccc(I)cc2)CC1. The number of carbonyl (C=O) groups excluding carboxylic acids is 2. The number of benzene rings is 1. The van der Waals surface area contributed by atoms with Crippen molar-refractivity contribution in [1.82, 2.24) is 9.80 Å². The van der Waals surface area contributed by atoms with Crippen LogP contribution in [-0.2, 0) is 4.79 Å². The molecule has 0 saturated carbocycles. The Morgan fingerprint density at radius 2 is 1.71 bits per heavy atom. The van der Waals surface area contributed by atoms with E-state index in [4.69, 9.17) is 10.5 Å². The molecule has 3 amide bonds. The molecule has 2 rings (SSSR count). The van der Waals surface area contributed by atoms with E-state index in [0.29, 0.717) is 31.9 Å². The minimum Gasteiger partial charge on any atom is -0.484 e. The molecular weight excluding hydrogens is 385 g/mol. The second kappa shape index (κ2) is 7.48. The predicted octanol–water partition coefficient (Wildman–Crippen LogP) is 1.28. The fourth-order valence-corrected chi connectivity index (χ4v) is 2.51. The van der Waals surface area contributed by atoms with Crippen molar-refractivity contribution in [3.63, 3.8) is 0 Å². The summed E-state index contributed by atoms with van der Waals surface area (Å²) in [6.45, 7) is 2.20. The first-order valence-corrected chi connectivity index (χ1v) is 7.84. The van der Waals surface area contributed by atoms with E-state index in [1.54, 1.807) is 9.80 Å². The van der Waals surface area contributed by atoms with Crippen LogP contribution in [0.4, 0.5) is 4.79 Å². The summed E-state index contributed by atoms with van der Waals surface area (Å²) in [5.41, 5.74) is 5.26. The lowest BCUT2D eigenvalue weighted by molar-refractivity contribution is -0.133. The van der Waals surface area contributed by atoms with Gasteiger partial charge in [-0.25, -0.2) is 4.79 Å². The van der Waals surface area contributed by atoms with Crippen LogP contribution in [0.25, 0.3) is 0 Å². The van der Waals surface area contributed by atoms with Crippen LogP contribution in [-0.4, -0.2) is 54.5 Å².